The minimum Gasteiger partial charge on any atom is -0.283 e. The first-order valence-corrected chi connectivity index (χ1v) is 7.83. The van der Waals surface area contributed by atoms with Gasteiger partial charge in [-0.1, -0.05) is 23.2 Å². The third-order valence-electron chi connectivity index (χ3n) is 3.65. The number of fused-ring (bicyclic) bond motifs is 1. The highest BCUT2D eigenvalue weighted by atomic mass is 35.5. The molecule has 3 rings (SSSR count). The average molecular weight is 349 g/mol. The molecular weight excluding hydrogens is 335 g/mol. The Morgan fingerprint density at radius 1 is 1.17 bits per heavy atom. The van der Waals surface area contributed by atoms with Crippen molar-refractivity contribution >= 4 is 34.2 Å². The second-order valence-corrected chi connectivity index (χ2v) is 5.95. The molecule has 0 amide bonds. The van der Waals surface area contributed by atoms with Gasteiger partial charge in [-0.05, 0) is 44.2 Å². The van der Waals surface area contributed by atoms with Crippen LogP contribution >= 0.6 is 23.2 Å². The van der Waals surface area contributed by atoms with Gasteiger partial charge in [0, 0.05) is 12.2 Å². The second kappa shape index (κ2) is 5.83. The lowest BCUT2D eigenvalue weighted by atomic mass is 10.2. The molecular formula is C16H14Cl2N4O. The Morgan fingerprint density at radius 3 is 2.57 bits per heavy atom. The standard InChI is InChI=1S/C16H14Cl2N4O/c1-3-21-15-11(6-4-9(2)20-15)14(19)22(16(21)23)10-5-7-12(17)13(18)8-10/h4-8,19H,3H2,1-2H3. The molecule has 0 saturated carbocycles. The molecule has 0 unspecified atom stereocenters. The lowest BCUT2D eigenvalue weighted by Gasteiger charge is -2.14. The number of benzene rings is 1. The van der Waals surface area contributed by atoms with E-state index in [0.717, 1.165) is 5.69 Å². The monoisotopic (exact) mass is 348 g/mol. The lowest BCUT2D eigenvalue weighted by molar-refractivity contribution is 0.675. The van der Waals surface area contributed by atoms with Crippen LogP contribution in [0, 0.1) is 12.3 Å². The van der Waals surface area contributed by atoms with E-state index in [9.17, 15) is 4.79 Å². The number of hydrogen-bond donors (Lipinski definition) is 1. The Labute approximate surface area is 142 Å². The van der Waals surface area contributed by atoms with Gasteiger partial charge in [-0.15, -0.1) is 0 Å². The van der Waals surface area contributed by atoms with Crippen LogP contribution in [0.5, 0.6) is 0 Å². The van der Waals surface area contributed by atoms with Crippen LogP contribution in [0.2, 0.25) is 10.0 Å². The molecule has 7 heteroatoms. The van der Waals surface area contributed by atoms with Gasteiger partial charge in [-0.3, -0.25) is 9.98 Å². The molecule has 1 aromatic carbocycles. The van der Waals surface area contributed by atoms with Gasteiger partial charge >= 0.3 is 5.69 Å². The summed E-state index contributed by atoms with van der Waals surface area (Å²) in [6.07, 6.45) is 0. The normalized spacial score (nSPS) is 11.1. The topological polar surface area (TPSA) is 63.7 Å². The maximum absolute atomic E-state index is 12.8. The third-order valence-corrected chi connectivity index (χ3v) is 4.39. The summed E-state index contributed by atoms with van der Waals surface area (Å²) < 4.78 is 2.86. The summed E-state index contributed by atoms with van der Waals surface area (Å²) in [7, 11) is 0. The van der Waals surface area contributed by atoms with Gasteiger partial charge in [0.05, 0.1) is 21.1 Å². The molecule has 0 spiro atoms. The molecule has 23 heavy (non-hydrogen) atoms. The van der Waals surface area contributed by atoms with Gasteiger partial charge in [0.1, 0.15) is 11.1 Å². The highest BCUT2D eigenvalue weighted by molar-refractivity contribution is 6.42. The van der Waals surface area contributed by atoms with Crippen LogP contribution in [0.4, 0.5) is 0 Å². The minimum atomic E-state index is -0.332. The van der Waals surface area contributed by atoms with Crippen molar-refractivity contribution in [3.63, 3.8) is 0 Å². The number of aryl methyl sites for hydroxylation is 2. The summed E-state index contributed by atoms with van der Waals surface area (Å²) in [6.45, 7) is 4.18. The van der Waals surface area contributed by atoms with Crippen LogP contribution in [0.25, 0.3) is 16.7 Å². The highest BCUT2D eigenvalue weighted by Crippen LogP contribution is 2.23. The van der Waals surface area contributed by atoms with Crippen LogP contribution in [0.15, 0.2) is 35.1 Å². The molecule has 0 aliphatic carbocycles. The smallest absolute Gasteiger partial charge is 0.283 e. The lowest BCUT2D eigenvalue weighted by Crippen LogP contribution is -2.39. The predicted molar refractivity (Wildman–Crippen MR) is 91.6 cm³/mol. The zero-order valence-electron chi connectivity index (χ0n) is 12.6. The average Bonchev–Trinajstić information content (AvgIpc) is 2.51. The van der Waals surface area contributed by atoms with Crippen LogP contribution in [0.3, 0.4) is 0 Å². The Morgan fingerprint density at radius 2 is 1.91 bits per heavy atom. The van der Waals surface area contributed by atoms with Crippen molar-refractivity contribution in [2.75, 3.05) is 0 Å². The molecule has 0 saturated heterocycles. The van der Waals surface area contributed by atoms with Crippen LogP contribution in [-0.4, -0.2) is 14.1 Å². The van der Waals surface area contributed by atoms with E-state index in [1.54, 1.807) is 28.8 Å². The summed E-state index contributed by atoms with van der Waals surface area (Å²) in [5, 5.41) is 9.75. The molecule has 3 aromatic rings. The van der Waals surface area contributed by atoms with Crippen LogP contribution in [-0.2, 0) is 6.54 Å². The summed E-state index contributed by atoms with van der Waals surface area (Å²) in [5.74, 6) is 0. The second-order valence-electron chi connectivity index (χ2n) is 5.13. The number of aromatic nitrogens is 3. The fourth-order valence-electron chi connectivity index (χ4n) is 2.51. The Kier molecular flexibility index (Phi) is 4.00. The first-order valence-electron chi connectivity index (χ1n) is 7.07. The summed E-state index contributed by atoms with van der Waals surface area (Å²) in [5.41, 5.74) is 1.55. The predicted octanol–water partition coefficient (Wildman–Crippen LogP) is 3.30. The van der Waals surface area contributed by atoms with E-state index in [-0.39, 0.29) is 11.2 Å². The van der Waals surface area contributed by atoms with Gasteiger partial charge in [-0.25, -0.2) is 14.3 Å². The number of hydrogen-bond acceptors (Lipinski definition) is 3. The SMILES string of the molecule is CCn1c(=O)n(-c2ccc(Cl)c(Cl)c2)c(=N)c2ccc(C)nc21. The first-order chi connectivity index (χ1) is 10.9. The van der Waals surface area contributed by atoms with E-state index < -0.39 is 0 Å². The van der Waals surface area contributed by atoms with Crippen molar-refractivity contribution < 1.29 is 0 Å². The van der Waals surface area contributed by atoms with Gasteiger partial charge in [0.25, 0.3) is 0 Å². The fourth-order valence-corrected chi connectivity index (χ4v) is 2.80. The van der Waals surface area contributed by atoms with Crippen molar-refractivity contribution in [1.82, 2.24) is 14.1 Å². The van der Waals surface area contributed by atoms with E-state index in [0.29, 0.717) is 33.3 Å². The Balaban J connectivity index is 2.47. The van der Waals surface area contributed by atoms with Gasteiger partial charge in [-0.2, -0.15) is 0 Å². The van der Waals surface area contributed by atoms with Crippen LogP contribution in [0.1, 0.15) is 12.6 Å². The molecule has 0 fully saturated rings. The molecule has 0 aliphatic heterocycles. The number of rotatable bonds is 2. The maximum atomic E-state index is 12.8. The molecule has 0 atom stereocenters. The van der Waals surface area contributed by atoms with Crippen LogP contribution < -0.4 is 11.2 Å². The zero-order valence-corrected chi connectivity index (χ0v) is 14.1. The number of halogens is 2. The molecule has 1 N–H and O–H groups in total. The van der Waals surface area contributed by atoms with Gasteiger partial charge in [0.15, 0.2) is 0 Å². The largest absolute Gasteiger partial charge is 0.335 e. The molecule has 118 valence electrons. The van der Waals surface area contributed by atoms with Crippen molar-refractivity contribution in [1.29, 1.82) is 5.41 Å². The highest BCUT2D eigenvalue weighted by Gasteiger charge is 2.13. The first kappa shape index (κ1) is 15.8. The third kappa shape index (κ3) is 2.56. The van der Waals surface area contributed by atoms with E-state index in [2.05, 4.69) is 4.98 Å². The van der Waals surface area contributed by atoms with Gasteiger partial charge in [0.2, 0.25) is 0 Å². The number of pyridine rings is 1. The molecule has 2 aromatic heterocycles. The van der Waals surface area contributed by atoms with Crippen molar-refractivity contribution in [2.45, 2.75) is 20.4 Å². The van der Waals surface area contributed by atoms with Crippen molar-refractivity contribution in [2.24, 2.45) is 0 Å². The van der Waals surface area contributed by atoms with E-state index >= 15 is 0 Å². The van der Waals surface area contributed by atoms with E-state index in [1.807, 2.05) is 19.9 Å². The fraction of sp³-hybridized carbons (Fsp3) is 0.188. The Hall–Kier alpha value is -2.11. The minimum absolute atomic E-state index is 0.0700. The van der Waals surface area contributed by atoms with Crippen molar-refractivity contribution in [3.8, 4) is 5.69 Å². The molecule has 0 radical (unpaired) electrons. The van der Waals surface area contributed by atoms with E-state index in [1.165, 1.54) is 4.57 Å². The molecule has 2 heterocycles. The summed E-state index contributed by atoms with van der Waals surface area (Å²) >= 11 is 12.0. The quantitative estimate of drug-likeness (QED) is 0.772. The molecule has 5 nitrogen and oxygen atoms in total. The summed E-state index contributed by atoms with van der Waals surface area (Å²) in [6, 6.07) is 8.49. The van der Waals surface area contributed by atoms with Gasteiger partial charge < -0.3 is 0 Å². The van der Waals surface area contributed by atoms with Crippen molar-refractivity contribution in [3.05, 3.63) is 62.0 Å². The van der Waals surface area contributed by atoms with E-state index in [4.69, 9.17) is 28.6 Å². The number of nitrogens with zero attached hydrogens (tertiary/aromatic N) is 3. The summed E-state index contributed by atoms with van der Waals surface area (Å²) in [4.78, 5) is 17.2. The Bertz CT molecular complexity index is 1040. The maximum Gasteiger partial charge on any atom is 0.335 e. The molecule has 0 aliphatic rings. The molecule has 0 bridgehead atoms. The zero-order chi connectivity index (χ0) is 16.7. The number of nitrogens with one attached hydrogen (secondary N) is 1.